The number of fused-ring (bicyclic) bond motifs is 1. The molecule has 122 valence electrons. The van der Waals surface area contributed by atoms with E-state index in [0.29, 0.717) is 29.8 Å². The fourth-order valence-corrected chi connectivity index (χ4v) is 4.80. The van der Waals surface area contributed by atoms with Crippen molar-refractivity contribution >= 4 is 21.1 Å². The van der Waals surface area contributed by atoms with E-state index in [9.17, 15) is 12.8 Å². The van der Waals surface area contributed by atoms with E-state index in [1.54, 1.807) is 18.2 Å². The Morgan fingerprint density at radius 2 is 2.26 bits per heavy atom. The van der Waals surface area contributed by atoms with E-state index in [-0.39, 0.29) is 11.3 Å². The van der Waals surface area contributed by atoms with E-state index < -0.39 is 22.1 Å². The van der Waals surface area contributed by atoms with Crippen molar-refractivity contribution in [1.82, 2.24) is 4.90 Å². The van der Waals surface area contributed by atoms with Gasteiger partial charge in [0, 0.05) is 24.1 Å². The molecule has 3 rings (SSSR count). The van der Waals surface area contributed by atoms with Gasteiger partial charge < -0.3 is 10.2 Å². The number of halogens is 1. The molecule has 0 spiro atoms. The Morgan fingerprint density at radius 3 is 2.96 bits per heavy atom. The highest BCUT2D eigenvalue weighted by Gasteiger charge is 2.33. The first-order chi connectivity index (χ1) is 10.9. The normalized spacial score (nSPS) is 26.2. The molecule has 1 saturated heterocycles. The van der Waals surface area contributed by atoms with Crippen molar-refractivity contribution in [1.29, 1.82) is 5.26 Å². The highest BCUT2D eigenvalue weighted by Crippen LogP contribution is 2.40. The maximum absolute atomic E-state index is 14.2. The van der Waals surface area contributed by atoms with E-state index in [2.05, 4.69) is 5.32 Å². The van der Waals surface area contributed by atoms with Gasteiger partial charge in [0.05, 0.1) is 24.2 Å². The van der Waals surface area contributed by atoms with Crippen LogP contribution in [0.1, 0.15) is 18.4 Å². The van der Waals surface area contributed by atoms with Gasteiger partial charge in [0.15, 0.2) is 0 Å². The number of anilines is 1. The molecule has 0 aliphatic carbocycles. The molecule has 5 nitrogen and oxygen atoms in total. The third-order valence-electron chi connectivity index (χ3n) is 4.30. The van der Waals surface area contributed by atoms with Crippen LogP contribution in [0.4, 0.5) is 10.1 Å². The van der Waals surface area contributed by atoms with E-state index in [1.165, 1.54) is 0 Å². The third-order valence-corrected chi connectivity index (χ3v) is 5.90. The van der Waals surface area contributed by atoms with Gasteiger partial charge in [0.2, 0.25) is 9.84 Å². The molecular weight excluding hydrogens is 317 g/mol. The van der Waals surface area contributed by atoms with Gasteiger partial charge in [0.25, 0.3) is 0 Å². The molecule has 0 amide bonds. The second-order valence-corrected chi connectivity index (χ2v) is 7.76. The van der Waals surface area contributed by atoms with Crippen LogP contribution in [0, 0.1) is 11.3 Å². The summed E-state index contributed by atoms with van der Waals surface area (Å²) in [4.78, 5) is 2.08. The zero-order valence-electron chi connectivity index (χ0n) is 12.8. The molecule has 0 aromatic heterocycles. The predicted molar refractivity (Wildman–Crippen MR) is 86.3 cm³/mol. The summed E-state index contributed by atoms with van der Waals surface area (Å²) < 4.78 is 39.0. The van der Waals surface area contributed by atoms with Crippen LogP contribution in [0.15, 0.2) is 28.5 Å². The number of hydrogen-bond donors (Lipinski definition) is 1. The number of likely N-dealkylation sites (tertiary alicyclic amines) is 1. The summed E-state index contributed by atoms with van der Waals surface area (Å²) in [5.74, 6) is 0. The van der Waals surface area contributed by atoms with E-state index >= 15 is 0 Å². The maximum atomic E-state index is 14.2. The number of benzene rings is 1. The number of sulfone groups is 1. The number of rotatable bonds is 3. The van der Waals surface area contributed by atoms with Gasteiger partial charge in [-0.1, -0.05) is 12.1 Å². The molecule has 0 saturated carbocycles. The molecule has 7 heteroatoms. The zero-order chi connectivity index (χ0) is 16.6. The molecule has 0 bridgehead atoms. The Hall–Kier alpha value is -1.91. The summed E-state index contributed by atoms with van der Waals surface area (Å²) in [6, 6.07) is 6.65. The molecule has 0 radical (unpaired) electrons. The van der Waals surface area contributed by atoms with Gasteiger partial charge in [-0.2, -0.15) is 5.26 Å². The average molecular weight is 335 g/mol. The van der Waals surface area contributed by atoms with Crippen LogP contribution in [0.25, 0.3) is 5.57 Å². The number of nitrogens with zero attached hydrogens (tertiary/aromatic N) is 2. The number of alkyl halides is 1. The monoisotopic (exact) mass is 335 g/mol. The minimum Gasteiger partial charge on any atom is -0.378 e. The topological polar surface area (TPSA) is 73.2 Å². The van der Waals surface area contributed by atoms with Gasteiger partial charge in [0.1, 0.15) is 11.1 Å². The Labute approximate surface area is 135 Å². The highest BCUT2D eigenvalue weighted by atomic mass is 32.2. The predicted octanol–water partition coefficient (Wildman–Crippen LogP) is 2.18. The minimum atomic E-state index is -3.60. The molecule has 2 aliphatic rings. The van der Waals surface area contributed by atoms with Crippen LogP contribution >= 0.6 is 0 Å². The Balaban J connectivity index is 1.94. The maximum Gasteiger partial charge on any atom is 0.202 e. The molecular formula is C16H18FN3O2S. The molecule has 1 fully saturated rings. The lowest BCUT2D eigenvalue weighted by Gasteiger charge is -2.33. The summed E-state index contributed by atoms with van der Waals surface area (Å²) >= 11 is 0. The van der Waals surface area contributed by atoms with Crippen molar-refractivity contribution in [2.24, 2.45) is 0 Å². The van der Waals surface area contributed by atoms with Gasteiger partial charge >= 0.3 is 0 Å². The minimum absolute atomic E-state index is 0.0373. The lowest BCUT2D eigenvalue weighted by atomic mass is 10.0. The molecule has 23 heavy (non-hydrogen) atoms. The average Bonchev–Trinajstić information content (AvgIpc) is 2.75. The smallest absolute Gasteiger partial charge is 0.202 e. The van der Waals surface area contributed by atoms with Crippen LogP contribution in [0.2, 0.25) is 0 Å². The summed E-state index contributed by atoms with van der Waals surface area (Å²) in [5, 5.41) is 13.1. The molecule has 2 atom stereocenters. The zero-order valence-corrected chi connectivity index (χ0v) is 13.6. The van der Waals surface area contributed by atoms with Crippen molar-refractivity contribution < 1.29 is 12.8 Å². The first-order valence-corrected chi connectivity index (χ1v) is 9.02. The molecule has 1 N–H and O–H groups in total. The van der Waals surface area contributed by atoms with Crippen molar-refractivity contribution in [3.8, 4) is 6.07 Å². The molecule has 2 aliphatic heterocycles. The molecule has 1 aromatic carbocycles. The summed E-state index contributed by atoms with van der Waals surface area (Å²) in [7, 11) is -1.73. The Morgan fingerprint density at radius 1 is 1.48 bits per heavy atom. The Kier molecular flexibility index (Phi) is 4.13. The number of hydrogen-bond acceptors (Lipinski definition) is 5. The largest absolute Gasteiger partial charge is 0.378 e. The van der Waals surface area contributed by atoms with Gasteiger partial charge in [-0.05, 0) is 25.1 Å². The standard InChI is InChI=1S/C16H18FN3O2S/c1-20-8-6-14(13(17)9-20)19-15-4-2-3-12-11(5-7-18)10-23(21,22)16(12)15/h2-4,10,13-14,19H,5-6,8-9H2,1H3. The second-order valence-electron chi connectivity index (χ2n) is 6.02. The van der Waals surface area contributed by atoms with E-state index in [4.69, 9.17) is 5.26 Å². The van der Waals surface area contributed by atoms with Gasteiger partial charge in [-0.15, -0.1) is 0 Å². The SMILES string of the molecule is CN1CCC(Nc2cccc3c2S(=O)(=O)C=C3CC#N)C(F)C1. The number of nitriles is 1. The number of piperidine rings is 1. The van der Waals surface area contributed by atoms with Crippen LogP contribution in [-0.4, -0.2) is 45.7 Å². The summed E-state index contributed by atoms with van der Waals surface area (Å²) in [6.07, 6.45) is -0.407. The lowest BCUT2D eigenvalue weighted by molar-refractivity contribution is 0.149. The fourth-order valence-electron chi connectivity index (χ4n) is 3.16. The van der Waals surface area contributed by atoms with Crippen molar-refractivity contribution in [3.05, 3.63) is 29.2 Å². The number of allylic oxidation sites excluding steroid dienone is 1. The first kappa shape index (κ1) is 16.0. The molecule has 2 unspecified atom stereocenters. The van der Waals surface area contributed by atoms with Gasteiger partial charge in [-0.3, -0.25) is 0 Å². The van der Waals surface area contributed by atoms with Crippen molar-refractivity contribution in [2.75, 3.05) is 25.5 Å². The van der Waals surface area contributed by atoms with E-state index in [1.807, 2.05) is 18.0 Å². The van der Waals surface area contributed by atoms with Crippen LogP contribution in [0.3, 0.4) is 0 Å². The lowest BCUT2D eigenvalue weighted by Crippen LogP contribution is -2.46. The van der Waals surface area contributed by atoms with Crippen LogP contribution < -0.4 is 5.32 Å². The van der Waals surface area contributed by atoms with Crippen LogP contribution in [-0.2, 0) is 9.84 Å². The third kappa shape index (κ3) is 2.96. The molecule has 2 heterocycles. The van der Waals surface area contributed by atoms with Crippen molar-refractivity contribution in [3.63, 3.8) is 0 Å². The van der Waals surface area contributed by atoms with Gasteiger partial charge in [-0.25, -0.2) is 12.8 Å². The Bertz CT molecular complexity index is 798. The highest BCUT2D eigenvalue weighted by molar-refractivity contribution is 7.95. The molecule has 1 aromatic rings. The fraction of sp³-hybridized carbons (Fsp3) is 0.438. The van der Waals surface area contributed by atoms with E-state index in [0.717, 1.165) is 12.0 Å². The quantitative estimate of drug-likeness (QED) is 0.916. The van der Waals surface area contributed by atoms with Crippen LogP contribution in [0.5, 0.6) is 0 Å². The van der Waals surface area contributed by atoms with Crippen molar-refractivity contribution in [2.45, 2.75) is 30.0 Å². The summed E-state index contributed by atoms with van der Waals surface area (Å²) in [5.41, 5.74) is 1.45. The number of nitrogens with one attached hydrogen (secondary N) is 1. The second kappa shape index (κ2) is 5.95. The first-order valence-electron chi connectivity index (χ1n) is 7.47. The summed E-state index contributed by atoms with van der Waals surface area (Å²) in [6.45, 7) is 1.09.